The van der Waals surface area contributed by atoms with Crippen molar-refractivity contribution in [2.45, 2.75) is 123 Å². The van der Waals surface area contributed by atoms with Gasteiger partial charge in [0.1, 0.15) is 0 Å². The van der Waals surface area contributed by atoms with Crippen LogP contribution in [0.25, 0.3) is 0 Å². The second-order valence-corrected chi connectivity index (χ2v) is 13.9. The van der Waals surface area contributed by atoms with Gasteiger partial charge < -0.3 is 14.6 Å². The Labute approximate surface area is 211 Å². The van der Waals surface area contributed by atoms with Gasteiger partial charge in [-0.15, -0.1) is 10.2 Å². The molecule has 5 heteroatoms. The Bertz CT molecular complexity index is 913. The summed E-state index contributed by atoms with van der Waals surface area (Å²) >= 11 is 0. The maximum absolute atomic E-state index is 11.9. The molecule has 2 N–H and O–H groups in total. The summed E-state index contributed by atoms with van der Waals surface area (Å²) in [5, 5.41) is 31.0. The fourth-order valence-electron chi connectivity index (χ4n) is 10.3. The van der Waals surface area contributed by atoms with Crippen molar-refractivity contribution in [1.29, 1.82) is 0 Å². The molecular formula is C30H48N2O3. The molecule has 0 aliphatic heterocycles. The topological polar surface area (TPSA) is 79.4 Å². The summed E-state index contributed by atoms with van der Waals surface area (Å²) in [5.41, 5.74) is 0.608. The second kappa shape index (κ2) is 8.82. The molecule has 6 rings (SSSR count). The van der Waals surface area contributed by atoms with Gasteiger partial charge in [0.15, 0.2) is 0 Å². The first-order chi connectivity index (χ1) is 16.8. The first-order valence-electron chi connectivity index (χ1n) is 14.9. The number of aromatic nitrogens is 2. The Kier molecular flexibility index (Phi) is 6.15. The molecule has 35 heavy (non-hydrogen) atoms. The molecule has 11 atom stereocenters. The lowest BCUT2D eigenvalue weighted by molar-refractivity contribution is -0.203. The molecule has 1 aromatic rings. The molecule has 0 bridgehead atoms. The van der Waals surface area contributed by atoms with Gasteiger partial charge in [0.2, 0.25) is 11.8 Å². The maximum atomic E-state index is 11.9. The molecule has 1 heterocycles. The summed E-state index contributed by atoms with van der Waals surface area (Å²) in [5.74, 6) is 6.06. The van der Waals surface area contributed by atoms with Crippen LogP contribution in [-0.4, -0.2) is 32.6 Å². The minimum atomic E-state index is -0.203. The average molecular weight is 485 g/mol. The molecule has 0 saturated heterocycles. The van der Waals surface area contributed by atoms with Crippen molar-refractivity contribution in [3.8, 4) is 0 Å². The normalized spacial score (nSPS) is 48.2. The van der Waals surface area contributed by atoms with E-state index in [1.165, 1.54) is 38.5 Å². The second-order valence-electron chi connectivity index (χ2n) is 13.9. The van der Waals surface area contributed by atoms with E-state index in [9.17, 15) is 10.2 Å². The van der Waals surface area contributed by atoms with E-state index in [0.717, 1.165) is 50.3 Å². The number of aliphatic hydroxyl groups excluding tert-OH is 2. The van der Waals surface area contributed by atoms with Crippen LogP contribution < -0.4 is 0 Å². The van der Waals surface area contributed by atoms with Crippen LogP contribution >= 0.6 is 0 Å². The quantitative estimate of drug-likeness (QED) is 0.507. The highest BCUT2D eigenvalue weighted by Gasteiger charge is 2.64. The van der Waals surface area contributed by atoms with Gasteiger partial charge in [-0.1, -0.05) is 34.1 Å². The van der Waals surface area contributed by atoms with Crippen LogP contribution in [0, 0.1) is 52.3 Å². The van der Waals surface area contributed by atoms with E-state index in [1.54, 1.807) is 0 Å². The van der Waals surface area contributed by atoms with Gasteiger partial charge in [0.25, 0.3) is 0 Å². The van der Waals surface area contributed by atoms with Crippen LogP contribution in [0.1, 0.15) is 116 Å². The van der Waals surface area contributed by atoms with E-state index >= 15 is 0 Å². The average Bonchev–Trinajstić information content (AvgIpc) is 3.47. The third kappa shape index (κ3) is 3.85. The monoisotopic (exact) mass is 484 g/mol. The van der Waals surface area contributed by atoms with Gasteiger partial charge in [-0.05, 0) is 116 Å². The van der Waals surface area contributed by atoms with Gasteiger partial charge >= 0.3 is 0 Å². The zero-order chi connectivity index (χ0) is 24.5. The summed E-state index contributed by atoms with van der Waals surface area (Å²) in [7, 11) is 0. The summed E-state index contributed by atoms with van der Waals surface area (Å²) in [6.07, 6.45) is 13.2. The molecule has 5 aliphatic rings. The molecule has 5 fully saturated rings. The van der Waals surface area contributed by atoms with E-state index in [2.05, 4.69) is 37.9 Å². The number of hydrogen-bond acceptors (Lipinski definition) is 5. The van der Waals surface area contributed by atoms with Crippen molar-refractivity contribution in [3.05, 3.63) is 11.8 Å². The van der Waals surface area contributed by atoms with E-state index in [4.69, 9.17) is 4.42 Å². The molecule has 0 radical (unpaired) electrons. The fraction of sp³-hybridized carbons (Fsp3) is 0.933. The third-order valence-corrected chi connectivity index (χ3v) is 12.4. The lowest BCUT2D eigenvalue weighted by Gasteiger charge is -2.64. The Balaban J connectivity index is 1.19. The molecule has 0 spiro atoms. The maximum Gasteiger partial charge on any atom is 0.219 e. The largest absolute Gasteiger partial charge is 0.425 e. The standard InChI is InChI=1S/C30H48N2O3/c1-5-20-24-16-19(33)12-14-30(24,4)23-13-15-29(3)21(9-10-22(29)26(23)27(20)34)17(2)6-11-25-31-32-28(35-25)18-7-8-18/h17-24,26-27,33-34H,5-16H2,1-4H3/t17-,19-,20-,21-,22+,23+,24+,26+,27-,29-,30-/m1/s1. The van der Waals surface area contributed by atoms with Crippen LogP contribution in [-0.2, 0) is 6.42 Å². The first kappa shape index (κ1) is 24.4. The van der Waals surface area contributed by atoms with Crippen LogP contribution in [0.3, 0.4) is 0 Å². The molecule has 1 aromatic heterocycles. The van der Waals surface area contributed by atoms with E-state index < -0.39 is 0 Å². The molecule has 5 saturated carbocycles. The summed E-state index contributed by atoms with van der Waals surface area (Å²) < 4.78 is 5.96. The van der Waals surface area contributed by atoms with Gasteiger partial charge in [0.05, 0.1) is 12.2 Å². The van der Waals surface area contributed by atoms with Crippen molar-refractivity contribution >= 4 is 0 Å². The predicted octanol–water partition coefficient (Wildman–Crippen LogP) is 6.14. The lowest BCUT2D eigenvalue weighted by atomic mass is 9.41. The van der Waals surface area contributed by atoms with Gasteiger partial charge in [0, 0.05) is 12.3 Å². The summed E-state index contributed by atoms with van der Waals surface area (Å²) in [6, 6.07) is 0. The summed E-state index contributed by atoms with van der Waals surface area (Å²) in [4.78, 5) is 0. The highest BCUT2D eigenvalue weighted by Crippen LogP contribution is 2.69. The fourth-order valence-corrected chi connectivity index (χ4v) is 10.3. The van der Waals surface area contributed by atoms with Crippen molar-refractivity contribution in [3.63, 3.8) is 0 Å². The zero-order valence-electron chi connectivity index (χ0n) is 22.5. The SMILES string of the molecule is CC[C@H]1[C@@H](O)[C@@H]2[C@H](CC[C@]3(C)[C@@H]([C@H](C)CCc4nnc(C5CC5)o4)CC[C@@H]23)[C@@]2(C)CC[C@@H](O)C[C@@H]12. The van der Waals surface area contributed by atoms with Crippen molar-refractivity contribution in [2.75, 3.05) is 0 Å². The van der Waals surface area contributed by atoms with Crippen molar-refractivity contribution in [1.82, 2.24) is 10.2 Å². The van der Waals surface area contributed by atoms with E-state index in [-0.39, 0.29) is 17.6 Å². The smallest absolute Gasteiger partial charge is 0.219 e. The number of rotatable bonds is 6. The molecule has 5 nitrogen and oxygen atoms in total. The lowest BCUT2D eigenvalue weighted by Crippen LogP contribution is -2.62. The molecule has 196 valence electrons. The number of aryl methyl sites for hydroxylation is 1. The molecule has 0 unspecified atom stereocenters. The molecule has 0 aromatic carbocycles. The first-order valence-corrected chi connectivity index (χ1v) is 14.9. The minimum absolute atomic E-state index is 0.171. The van der Waals surface area contributed by atoms with Gasteiger partial charge in [-0.2, -0.15) is 0 Å². The van der Waals surface area contributed by atoms with Crippen LogP contribution in [0.4, 0.5) is 0 Å². The highest BCUT2D eigenvalue weighted by molar-refractivity contribution is 5.13. The number of hydrogen-bond donors (Lipinski definition) is 2. The Morgan fingerprint density at radius 3 is 2.43 bits per heavy atom. The van der Waals surface area contributed by atoms with E-state index in [0.29, 0.717) is 52.8 Å². The van der Waals surface area contributed by atoms with E-state index in [1.807, 2.05) is 0 Å². The van der Waals surface area contributed by atoms with Crippen LogP contribution in [0.2, 0.25) is 0 Å². The zero-order valence-corrected chi connectivity index (χ0v) is 22.5. The Morgan fingerprint density at radius 1 is 0.943 bits per heavy atom. The number of nitrogens with zero attached hydrogens (tertiary/aromatic N) is 2. The predicted molar refractivity (Wildman–Crippen MR) is 136 cm³/mol. The third-order valence-electron chi connectivity index (χ3n) is 12.4. The molecule has 0 amide bonds. The minimum Gasteiger partial charge on any atom is -0.425 e. The van der Waals surface area contributed by atoms with Crippen molar-refractivity contribution in [2.24, 2.45) is 52.3 Å². The molecule has 5 aliphatic carbocycles. The number of fused-ring (bicyclic) bond motifs is 5. The van der Waals surface area contributed by atoms with Crippen LogP contribution in [0.15, 0.2) is 4.42 Å². The Hall–Kier alpha value is -0.940. The molecular weight excluding hydrogens is 436 g/mol. The highest BCUT2D eigenvalue weighted by atomic mass is 16.4. The summed E-state index contributed by atoms with van der Waals surface area (Å²) in [6.45, 7) is 9.83. The number of aliphatic hydroxyl groups is 2. The van der Waals surface area contributed by atoms with Gasteiger partial charge in [-0.3, -0.25) is 0 Å². The van der Waals surface area contributed by atoms with Gasteiger partial charge in [-0.25, -0.2) is 0 Å². The van der Waals surface area contributed by atoms with Crippen LogP contribution in [0.5, 0.6) is 0 Å². The van der Waals surface area contributed by atoms with Crippen molar-refractivity contribution < 1.29 is 14.6 Å². The Morgan fingerprint density at radius 2 is 1.69 bits per heavy atom.